The number of carbonyl (C=O) groups is 1. The highest BCUT2D eigenvalue weighted by Gasteiger charge is 2.35. The zero-order valence-corrected chi connectivity index (χ0v) is 9.93. The van der Waals surface area contributed by atoms with Crippen LogP contribution in [0, 0.1) is 5.82 Å². The van der Waals surface area contributed by atoms with Crippen LogP contribution in [-0.4, -0.2) is 37.0 Å². The van der Waals surface area contributed by atoms with E-state index in [1.807, 2.05) is 0 Å². The molecule has 0 saturated carbocycles. The van der Waals surface area contributed by atoms with Gasteiger partial charge in [-0.3, -0.25) is 4.79 Å². The highest BCUT2D eigenvalue weighted by Crippen LogP contribution is 2.32. The number of benzene rings is 1. The fourth-order valence-corrected chi connectivity index (χ4v) is 1.93. The molecular weight excluding hydrogens is 264 g/mol. The lowest BCUT2D eigenvalue weighted by Crippen LogP contribution is -2.46. The molecule has 0 atom stereocenters. The molecule has 0 bridgehead atoms. The second-order valence-corrected chi connectivity index (χ2v) is 4.23. The van der Waals surface area contributed by atoms with Crippen molar-refractivity contribution >= 4 is 5.91 Å². The second-order valence-electron chi connectivity index (χ2n) is 4.23. The maximum Gasteiger partial charge on any atom is 0.419 e. The van der Waals surface area contributed by atoms with Crippen molar-refractivity contribution in [3.8, 4) is 0 Å². The van der Waals surface area contributed by atoms with Gasteiger partial charge in [0.15, 0.2) is 0 Å². The van der Waals surface area contributed by atoms with Crippen molar-refractivity contribution in [1.82, 2.24) is 10.2 Å². The van der Waals surface area contributed by atoms with Gasteiger partial charge in [0.25, 0.3) is 5.91 Å². The first-order valence-corrected chi connectivity index (χ1v) is 5.76. The molecule has 0 unspecified atom stereocenters. The molecule has 0 aliphatic carbocycles. The van der Waals surface area contributed by atoms with E-state index in [1.54, 1.807) is 0 Å². The molecule has 1 aliphatic heterocycles. The molecule has 0 aromatic heterocycles. The van der Waals surface area contributed by atoms with E-state index in [-0.39, 0.29) is 5.56 Å². The molecule has 2 rings (SSSR count). The van der Waals surface area contributed by atoms with E-state index in [4.69, 9.17) is 0 Å². The summed E-state index contributed by atoms with van der Waals surface area (Å²) in [6.45, 7) is 2.05. The van der Waals surface area contributed by atoms with Crippen LogP contribution in [0.5, 0.6) is 0 Å². The lowest BCUT2D eigenvalue weighted by Gasteiger charge is -2.27. The Bertz CT molecular complexity index is 481. The molecule has 0 radical (unpaired) electrons. The Hall–Kier alpha value is -1.63. The van der Waals surface area contributed by atoms with Crippen LogP contribution in [0.15, 0.2) is 18.2 Å². The number of nitrogens with one attached hydrogen (secondary N) is 1. The Morgan fingerprint density at radius 2 is 1.84 bits per heavy atom. The van der Waals surface area contributed by atoms with E-state index >= 15 is 0 Å². The van der Waals surface area contributed by atoms with E-state index in [2.05, 4.69) is 5.32 Å². The van der Waals surface area contributed by atoms with Crippen LogP contribution in [0.2, 0.25) is 0 Å². The minimum Gasteiger partial charge on any atom is -0.336 e. The summed E-state index contributed by atoms with van der Waals surface area (Å²) >= 11 is 0. The lowest BCUT2D eigenvalue weighted by atomic mass is 10.1. The number of amides is 1. The molecule has 19 heavy (non-hydrogen) atoms. The predicted molar refractivity (Wildman–Crippen MR) is 60.2 cm³/mol. The first-order valence-electron chi connectivity index (χ1n) is 5.76. The zero-order chi connectivity index (χ0) is 14.0. The Kier molecular flexibility index (Phi) is 3.75. The van der Waals surface area contributed by atoms with E-state index in [0.29, 0.717) is 38.3 Å². The monoisotopic (exact) mass is 276 g/mol. The molecule has 1 N–H and O–H groups in total. The third-order valence-corrected chi connectivity index (χ3v) is 2.92. The average molecular weight is 276 g/mol. The van der Waals surface area contributed by atoms with Gasteiger partial charge in [0.1, 0.15) is 5.82 Å². The van der Waals surface area contributed by atoms with Crippen LogP contribution in [0.3, 0.4) is 0 Å². The Morgan fingerprint density at radius 1 is 1.21 bits per heavy atom. The molecule has 1 saturated heterocycles. The highest BCUT2D eigenvalue weighted by molar-refractivity contribution is 5.94. The Labute approximate surface area is 107 Å². The van der Waals surface area contributed by atoms with Crippen LogP contribution < -0.4 is 5.32 Å². The molecular formula is C12H12F4N2O. The van der Waals surface area contributed by atoms with E-state index in [0.717, 1.165) is 6.07 Å². The van der Waals surface area contributed by atoms with E-state index < -0.39 is 23.5 Å². The number of nitrogens with zero attached hydrogens (tertiary/aromatic N) is 1. The number of piperazine rings is 1. The number of rotatable bonds is 1. The van der Waals surface area contributed by atoms with Gasteiger partial charge in [-0.1, -0.05) is 0 Å². The Morgan fingerprint density at radius 3 is 2.42 bits per heavy atom. The average Bonchev–Trinajstić information content (AvgIpc) is 2.38. The molecule has 1 aromatic rings. The summed E-state index contributed by atoms with van der Waals surface area (Å²) in [7, 11) is 0. The van der Waals surface area contributed by atoms with Gasteiger partial charge < -0.3 is 10.2 Å². The topological polar surface area (TPSA) is 32.3 Å². The smallest absolute Gasteiger partial charge is 0.336 e. The van der Waals surface area contributed by atoms with Gasteiger partial charge in [-0.05, 0) is 18.2 Å². The number of hydrogen-bond donors (Lipinski definition) is 1. The van der Waals surface area contributed by atoms with Gasteiger partial charge in [0.2, 0.25) is 0 Å². The zero-order valence-electron chi connectivity index (χ0n) is 9.93. The van der Waals surface area contributed by atoms with Crippen molar-refractivity contribution in [1.29, 1.82) is 0 Å². The maximum atomic E-state index is 13.1. The fourth-order valence-electron chi connectivity index (χ4n) is 1.93. The van der Waals surface area contributed by atoms with Crippen molar-refractivity contribution in [2.75, 3.05) is 26.2 Å². The molecule has 1 aliphatic rings. The molecule has 1 amide bonds. The molecule has 1 heterocycles. The first-order chi connectivity index (χ1) is 8.89. The summed E-state index contributed by atoms with van der Waals surface area (Å²) < 4.78 is 50.8. The molecule has 104 valence electrons. The van der Waals surface area contributed by atoms with Crippen molar-refractivity contribution in [3.63, 3.8) is 0 Å². The summed E-state index contributed by atoms with van der Waals surface area (Å²) in [5.41, 5.74) is -1.55. The quantitative estimate of drug-likeness (QED) is 0.794. The van der Waals surface area contributed by atoms with Crippen LogP contribution in [0.1, 0.15) is 15.9 Å². The van der Waals surface area contributed by atoms with E-state index in [1.165, 1.54) is 4.90 Å². The van der Waals surface area contributed by atoms with Gasteiger partial charge in [-0.15, -0.1) is 0 Å². The minimum absolute atomic E-state index is 0.143. The van der Waals surface area contributed by atoms with Gasteiger partial charge in [0.05, 0.1) is 5.56 Å². The molecule has 3 nitrogen and oxygen atoms in total. The summed E-state index contributed by atoms with van der Waals surface area (Å²) in [5.74, 6) is -1.88. The second kappa shape index (κ2) is 5.16. The molecule has 1 fully saturated rings. The summed E-state index contributed by atoms with van der Waals surface area (Å²) in [6, 6.07) is 2.33. The van der Waals surface area contributed by atoms with Crippen LogP contribution in [0.4, 0.5) is 17.6 Å². The van der Waals surface area contributed by atoms with Crippen LogP contribution in [-0.2, 0) is 6.18 Å². The Balaban J connectivity index is 2.27. The maximum absolute atomic E-state index is 13.1. The first kappa shape index (κ1) is 13.8. The van der Waals surface area contributed by atoms with Gasteiger partial charge in [0, 0.05) is 31.7 Å². The predicted octanol–water partition coefficient (Wildman–Crippen LogP) is 1.89. The van der Waals surface area contributed by atoms with Crippen LogP contribution >= 0.6 is 0 Å². The minimum atomic E-state index is -4.80. The van der Waals surface area contributed by atoms with Crippen molar-refractivity contribution < 1.29 is 22.4 Å². The standard InChI is InChI=1S/C12H12F4N2O/c13-10-2-1-8(7-9(10)12(14,15)16)11(19)18-5-3-17-4-6-18/h1-2,7,17H,3-6H2. The van der Waals surface area contributed by atoms with Crippen molar-refractivity contribution in [3.05, 3.63) is 35.1 Å². The van der Waals surface area contributed by atoms with Crippen molar-refractivity contribution in [2.24, 2.45) is 0 Å². The number of halogens is 4. The van der Waals surface area contributed by atoms with Gasteiger partial charge in [-0.25, -0.2) is 4.39 Å². The number of hydrogen-bond acceptors (Lipinski definition) is 2. The summed E-state index contributed by atoms with van der Waals surface area (Å²) in [5, 5.41) is 3.03. The largest absolute Gasteiger partial charge is 0.419 e. The normalized spacial score (nSPS) is 16.5. The summed E-state index contributed by atoms with van der Waals surface area (Å²) in [4.78, 5) is 13.4. The van der Waals surface area contributed by atoms with Crippen molar-refractivity contribution in [2.45, 2.75) is 6.18 Å². The molecule has 7 heteroatoms. The van der Waals surface area contributed by atoms with E-state index in [9.17, 15) is 22.4 Å². The number of carbonyl (C=O) groups excluding carboxylic acids is 1. The molecule has 0 spiro atoms. The highest BCUT2D eigenvalue weighted by atomic mass is 19.4. The number of alkyl halides is 3. The molecule has 1 aromatic carbocycles. The third kappa shape index (κ3) is 3.04. The van der Waals surface area contributed by atoms with Gasteiger partial charge in [-0.2, -0.15) is 13.2 Å². The van der Waals surface area contributed by atoms with Gasteiger partial charge >= 0.3 is 6.18 Å². The third-order valence-electron chi connectivity index (χ3n) is 2.92. The lowest BCUT2D eigenvalue weighted by molar-refractivity contribution is -0.140. The fraction of sp³-hybridized carbons (Fsp3) is 0.417. The SMILES string of the molecule is O=C(c1ccc(F)c(C(F)(F)F)c1)N1CCNCC1. The summed E-state index contributed by atoms with van der Waals surface area (Å²) in [6.07, 6.45) is -4.80. The van der Waals surface area contributed by atoms with Crippen LogP contribution in [0.25, 0.3) is 0 Å².